The smallest absolute Gasteiger partial charge is 0.319 e. The number of hydrogen-bond donors (Lipinski definition) is 0. The van der Waals surface area contributed by atoms with Crippen molar-refractivity contribution in [1.82, 2.24) is 4.90 Å². The largest absolute Gasteiger partial charge is 0.468 e. The Hall–Kier alpha value is -1.88. The summed E-state index contributed by atoms with van der Waals surface area (Å²) in [5.74, 6) is -0.391. The van der Waals surface area contributed by atoms with Gasteiger partial charge in [-0.2, -0.15) is 0 Å². The van der Waals surface area contributed by atoms with Crippen LogP contribution in [0.5, 0.6) is 0 Å². The second kappa shape index (κ2) is 7.53. The van der Waals surface area contributed by atoms with Gasteiger partial charge in [0.05, 0.1) is 20.2 Å². The molecule has 0 aliphatic rings. The third kappa shape index (κ3) is 4.71. The molecule has 0 saturated carbocycles. The summed E-state index contributed by atoms with van der Waals surface area (Å²) in [5.41, 5.74) is 0.862. The third-order valence-corrected chi connectivity index (χ3v) is 2.72. The summed E-state index contributed by atoms with van der Waals surface area (Å²) >= 11 is 0. The molecule has 0 N–H and O–H groups in total. The quantitative estimate of drug-likeness (QED) is 0.723. The first-order valence-corrected chi connectivity index (χ1v) is 6.19. The fourth-order valence-corrected chi connectivity index (χ4v) is 1.77. The van der Waals surface area contributed by atoms with Gasteiger partial charge in [-0.05, 0) is 26.1 Å². The van der Waals surface area contributed by atoms with Gasteiger partial charge < -0.3 is 9.64 Å². The van der Waals surface area contributed by atoms with Crippen molar-refractivity contribution >= 4 is 17.6 Å². The van der Waals surface area contributed by atoms with Crippen molar-refractivity contribution in [3.8, 4) is 0 Å². The Morgan fingerprint density at radius 1 is 1.16 bits per heavy atom. The average Bonchev–Trinajstić information content (AvgIpc) is 2.40. The number of likely N-dealkylation sites (N-methyl/N-ethyl adjacent to an activating group) is 2. The molecule has 0 bridgehead atoms. The molecule has 1 rings (SSSR count). The second-order valence-corrected chi connectivity index (χ2v) is 4.22. The van der Waals surface area contributed by atoms with E-state index in [-0.39, 0.29) is 25.0 Å². The molecular weight excluding hydrogens is 244 g/mol. The molecule has 1 aromatic rings. The van der Waals surface area contributed by atoms with Crippen LogP contribution in [-0.2, 0) is 14.3 Å². The van der Waals surface area contributed by atoms with E-state index in [0.717, 1.165) is 5.69 Å². The highest BCUT2D eigenvalue weighted by atomic mass is 16.5. The molecule has 0 aliphatic heterocycles. The summed E-state index contributed by atoms with van der Waals surface area (Å²) < 4.78 is 4.57. The molecule has 0 radical (unpaired) electrons. The van der Waals surface area contributed by atoms with Crippen LogP contribution in [0, 0.1) is 0 Å². The fourth-order valence-electron chi connectivity index (χ4n) is 1.77. The number of anilines is 1. The minimum atomic E-state index is -0.349. The predicted octanol–water partition coefficient (Wildman–Crippen LogP) is 1.14. The van der Waals surface area contributed by atoms with Gasteiger partial charge >= 0.3 is 5.97 Å². The van der Waals surface area contributed by atoms with Gasteiger partial charge in [0.25, 0.3) is 0 Å². The van der Waals surface area contributed by atoms with Crippen molar-refractivity contribution in [2.45, 2.75) is 6.92 Å². The molecule has 0 atom stereocenters. The van der Waals surface area contributed by atoms with Gasteiger partial charge in [0.2, 0.25) is 5.91 Å². The lowest BCUT2D eigenvalue weighted by Crippen LogP contribution is -2.40. The molecule has 1 amide bonds. The molecule has 0 unspecified atom stereocenters. The maximum atomic E-state index is 12.2. The molecule has 0 heterocycles. The molecule has 0 fully saturated rings. The highest BCUT2D eigenvalue weighted by molar-refractivity contribution is 5.94. The number of nitrogens with zero attached hydrogens (tertiary/aromatic N) is 2. The lowest BCUT2D eigenvalue weighted by Gasteiger charge is -2.23. The molecule has 1 aromatic carbocycles. The maximum Gasteiger partial charge on any atom is 0.319 e. The normalized spacial score (nSPS) is 10.3. The zero-order valence-electron chi connectivity index (χ0n) is 11.6. The Labute approximate surface area is 113 Å². The van der Waals surface area contributed by atoms with Gasteiger partial charge in [-0.15, -0.1) is 0 Å². The van der Waals surface area contributed by atoms with Gasteiger partial charge in [0.15, 0.2) is 0 Å². The van der Waals surface area contributed by atoms with Crippen molar-refractivity contribution in [3.63, 3.8) is 0 Å². The second-order valence-electron chi connectivity index (χ2n) is 4.22. The van der Waals surface area contributed by atoms with Gasteiger partial charge in [-0.1, -0.05) is 18.2 Å². The Balaban J connectivity index is 2.62. The number of para-hydroxylation sites is 1. The lowest BCUT2D eigenvalue weighted by molar-refractivity contribution is -0.141. The van der Waals surface area contributed by atoms with Crippen LogP contribution in [0.1, 0.15) is 6.92 Å². The number of amides is 1. The topological polar surface area (TPSA) is 49.9 Å². The van der Waals surface area contributed by atoms with E-state index >= 15 is 0 Å². The van der Waals surface area contributed by atoms with Gasteiger partial charge in [-0.3, -0.25) is 14.5 Å². The summed E-state index contributed by atoms with van der Waals surface area (Å²) in [4.78, 5) is 26.6. The van der Waals surface area contributed by atoms with Crippen LogP contribution in [0.25, 0.3) is 0 Å². The van der Waals surface area contributed by atoms with E-state index < -0.39 is 0 Å². The summed E-state index contributed by atoms with van der Waals surface area (Å²) in [6, 6.07) is 9.47. The Morgan fingerprint density at radius 3 is 2.32 bits per heavy atom. The van der Waals surface area contributed by atoms with Crippen LogP contribution in [0.15, 0.2) is 30.3 Å². The Morgan fingerprint density at radius 2 is 1.79 bits per heavy atom. The van der Waals surface area contributed by atoms with E-state index in [1.54, 1.807) is 16.8 Å². The minimum absolute atomic E-state index is 0.0416. The SMILES string of the molecule is CCN(C(=O)CN(C)CC(=O)OC)c1ccccc1. The number of methoxy groups -OCH3 is 1. The molecule has 0 aromatic heterocycles. The first-order chi connectivity index (χ1) is 9.08. The number of benzene rings is 1. The van der Waals surface area contributed by atoms with Crippen molar-refractivity contribution in [3.05, 3.63) is 30.3 Å². The number of esters is 1. The summed E-state index contributed by atoms with van der Waals surface area (Å²) in [5, 5.41) is 0. The standard InChI is InChI=1S/C14H20N2O3/c1-4-16(12-8-6-5-7-9-12)13(17)10-15(2)11-14(18)19-3/h5-9H,4,10-11H2,1-3H3. The van der Waals surface area contributed by atoms with Crippen LogP contribution < -0.4 is 4.90 Å². The zero-order valence-corrected chi connectivity index (χ0v) is 11.6. The summed E-state index contributed by atoms with van der Waals surface area (Å²) in [6.07, 6.45) is 0. The van der Waals surface area contributed by atoms with E-state index in [2.05, 4.69) is 4.74 Å². The molecule has 0 aliphatic carbocycles. The number of carbonyl (C=O) groups excluding carboxylic acids is 2. The van der Waals surface area contributed by atoms with Gasteiger partial charge in [-0.25, -0.2) is 0 Å². The van der Waals surface area contributed by atoms with Crippen LogP contribution in [0.3, 0.4) is 0 Å². The summed E-state index contributed by atoms with van der Waals surface area (Å²) in [6.45, 7) is 2.80. The highest BCUT2D eigenvalue weighted by Crippen LogP contribution is 2.13. The number of hydrogen-bond acceptors (Lipinski definition) is 4. The first-order valence-electron chi connectivity index (χ1n) is 6.19. The van der Waals surface area contributed by atoms with E-state index in [9.17, 15) is 9.59 Å². The van der Waals surface area contributed by atoms with Gasteiger partial charge in [0.1, 0.15) is 0 Å². The summed E-state index contributed by atoms with van der Waals surface area (Å²) in [7, 11) is 3.05. The molecular formula is C14H20N2O3. The van der Waals surface area contributed by atoms with Crippen molar-refractivity contribution < 1.29 is 14.3 Å². The number of rotatable bonds is 6. The van der Waals surface area contributed by atoms with Crippen LogP contribution in [0.4, 0.5) is 5.69 Å². The Bertz CT molecular complexity index is 420. The predicted molar refractivity (Wildman–Crippen MR) is 74.0 cm³/mol. The van der Waals surface area contributed by atoms with E-state index in [0.29, 0.717) is 6.54 Å². The lowest BCUT2D eigenvalue weighted by atomic mass is 10.3. The van der Waals surface area contributed by atoms with E-state index in [4.69, 9.17) is 0 Å². The van der Waals surface area contributed by atoms with Crippen LogP contribution >= 0.6 is 0 Å². The average molecular weight is 264 g/mol. The zero-order chi connectivity index (χ0) is 14.3. The molecule has 5 heteroatoms. The maximum absolute atomic E-state index is 12.2. The fraction of sp³-hybridized carbons (Fsp3) is 0.429. The van der Waals surface area contributed by atoms with E-state index in [1.165, 1.54) is 7.11 Å². The molecule has 0 saturated heterocycles. The monoisotopic (exact) mass is 264 g/mol. The molecule has 104 valence electrons. The van der Waals surface area contributed by atoms with E-state index in [1.807, 2.05) is 37.3 Å². The third-order valence-electron chi connectivity index (χ3n) is 2.72. The molecule has 5 nitrogen and oxygen atoms in total. The molecule has 19 heavy (non-hydrogen) atoms. The van der Waals surface area contributed by atoms with Crippen molar-refractivity contribution in [2.24, 2.45) is 0 Å². The van der Waals surface area contributed by atoms with Crippen molar-refractivity contribution in [2.75, 3.05) is 38.7 Å². The molecule has 0 spiro atoms. The number of carbonyl (C=O) groups is 2. The van der Waals surface area contributed by atoms with Crippen molar-refractivity contribution in [1.29, 1.82) is 0 Å². The van der Waals surface area contributed by atoms with Gasteiger partial charge in [0, 0.05) is 12.2 Å². The van der Waals surface area contributed by atoms with Crippen LogP contribution in [0.2, 0.25) is 0 Å². The highest BCUT2D eigenvalue weighted by Gasteiger charge is 2.17. The van der Waals surface area contributed by atoms with Crippen LogP contribution in [-0.4, -0.2) is 50.6 Å². The minimum Gasteiger partial charge on any atom is -0.468 e. The Kier molecular flexibility index (Phi) is 6.02. The first kappa shape index (κ1) is 15.2. The number of ether oxygens (including phenoxy) is 1.